The maximum Gasteiger partial charge on any atom is 0.329 e. The summed E-state index contributed by atoms with van der Waals surface area (Å²) in [6.45, 7) is 3.94. The molecule has 2 aliphatic heterocycles. The van der Waals surface area contributed by atoms with E-state index in [1.807, 2.05) is 11.0 Å². The molecule has 3 aromatic rings. The fraction of sp³-hybridized carbons (Fsp3) is 0.500. The number of aromatic nitrogens is 4. The lowest BCUT2D eigenvalue weighted by molar-refractivity contribution is -0.138. The molecule has 2 fully saturated rings. The van der Waals surface area contributed by atoms with Crippen molar-refractivity contribution in [3.05, 3.63) is 58.5 Å². The van der Waals surface area contributed by atoms with Gasteiger partial charge in [0.15, 0.2) is 0 Å². The lowest BCUT2D eigenvalue weighted by Gasteiger charge is -2.37. The van der Waals surface area contributed by atoms with E-state index in [1.165, 1.54) is 16.7 Å². The van der Waals surface area contributed by atoms with Crippen molar-refractivity contribution in [1.29, 1.82) is 0 Å². The second-order valence-corrected chi connectivity index (χ2v) is 9.20. The molecule has 0 aliphatic carbocycles. The molecule has 0 spiro atoms. The van der Waals surface area contributed by atoms with E-state index in [4.69, 9.17) is 0 Å². The number of carbonyl (C=O) groups excluding carboxylic acids is 1. The van der Waals surface area contributed by atoms with Crippen molar-refractivity contribution in [3.63, 3.8) is 0 Å². The number of benzene rings is 1. The molecule has 0 N–H and O–H groups in total. The van der Waals surface area contributed by atoms with Crippen LogP contribution in [0.4, 0.5) is 4.39 Å². The van der Waals surface area contributed by atoms with E-state index in [0.29, 0.717) is 18.6 Å². The van der Waals surface area contributed by atoms with Gasteiger partial charge in [0, 0.05) is 44.8 Å². The number of nitrogens with zero attached hydrogens (tertiary/aromatic N) is 6. The monoisotopic (exact) mass is 452 g/mol. The van der Waals surface area contributed by atoms with Crippen LogP contribution in [0.15, 0.2) is 41.5 Å². The number of halogens is 1. The predicted octanol–water partition coefficient (Wildman–Crippen LogP) is 2.34. The highest BCUT2D eigenvalue weighted by Gasteiger charge is 2.32. The number of rotatable bonds is 4. The second-order valence-electron chi connectivity index (χ2n) is 9.20. The van der Waals surface area contributed by atoms with Gasteiger partial charge in [-0.3, -0.25) is 18.8 Å². The minimum absolute atomic E-state index is 0.0199. The molecule has 0 atom stereocenters. The van der Waals surface area contributed by atoms with Crippen molar-refractivity contribution >= 4 is 16.9 Å². The first-order valence-corrected chi connectivity index (χ1v) is 11.6. The van der Waals surface area contributed by atoms with Crippen molar-refractivity contribution in [2.24, 2.45) is 13.0 Å². The quantitative estimate of drug-likeness (QED) is 0.607. The average Bonchev–Trinajstić information content (AvgIpc) is 3.09. The molecule has 174 valence electrons. The number of fused-ring (bicyclic) bond motifs is 1. The van der Waals surface area contributed by atoms with Crippen LogP contribution >= 0.6 is 0 Å². The first kappa shape index (κ1) is 21.8. The van der Waals surface area contributed by atoms with Gasteiger partial charge in [-0.25, -0.2) is 9.18 Å². The lowest BCUT2D eigenvalue weighted by atomic mass is 9.93. The lowest BCUT2D eigenvalue weighted by Crippen LogP contribution is -2.46. The van der Waals surface area contributed by atoms with E-state index in [0.717, 1.165) is 56.4 Å². The van der Waals surface area contributed by atoms with E-state index < -0.39 is 0 Å². The fourth-order valence-electron chi connectivity index (χ4n) is 5.30. The van der Waals surface area contributed by atoms with Crippen LogP contribution in [-0.2, 0) is 18.4 Å². The molecule has 4 heterocycles. The number of imidazole rings is 1. The third-order valence-electron chi connectivity index (χ3n) is 7.18. The van der Waals surface area contributed by atoms with Crippen molar-refractivity contribution in [2.75, 3.05) is 26.2 Å². The molecule has 0 unspecified atom stereocenters. The number of likely N-dealkylation sites (tertiary alicyclic amines) is 2. The van der Waals surface area contributed by atoms with Gasteiger partial charge in [-0.15, -0.1) is 0 Å². The summed E-state index contributed by atoms with van der Waals surface area (Å²) >= 11 is 0. The molecule has 2 aromatic heterocycles. The number of hydrogen-bond donors (Lipinski definition) is 0. The van der Waals surface area contributed by atoms with Crippen LogP contribution < -0.4 is 5.69 Å². The van der Waals surface area contributed by atoms with Crippen LogP contribution in [0, 0.1) is 11.7 Å². The molecule has 9 heteroatoms. The molecule has 5 rings (SSSR count). The first-order chi connectivity index (χ1) is 16.0. The third kappa shape index (κ3) is 4.29. The Morgan fingerprint density at radius 1 is 1.03 bits per heavy atom. The molecule has 0 bridgehead atoms. The van der Waals surface area contributed by atoms with E-state index >= 15 is 0 Å². The molecular formula is C24H29FN6O2. The maximum absolute atomic E-state index is 13.7. The minimum atomic E-state index is -0.348. The summed E-state index contributed by atoms with van der Waals surface area (Å²) in [6, 6.07) is 6.48. The standard InChI is InChI=1S/C24H29FN6O2/c1-28-22-14-19(25)2-3-21(22)31(24(28)33)20-7-12-30(13-8-20)23(32)18-5-10-29(11-6-18)16-17-4-9-26-27-15-17/h2-4,9,14-15,18,20H,5-8,10-13,16H2,1H3. The predicted molar refractivity (Wildman–Crippen MR) is 122 cm³/mol. The number of carbonyl (C=O) groups is 1. The second kappa shape index (κ2) is 9.05. The van der Waals surface area contributed by atoms with Gasteiger partial charge >= 0.3 is 5.69 Å². The van der Waals surface area contributed by atoms with Crippen LogP contribution in [0.3, 0.4) is 0 Å². The molecule has 0 radical (unpaired) electrons. The average molecular weight is 453 g/mol. The number of amides is 1. The highest BCUT2D eigenvalue weighted by molar-refractivity contribution is 5.79. The minimum Gasteiger partial charge on any atom is -0.342 e. The zero-order chi connectivity index (χ0) is 22.9. The summed E-state index contributed by atoms with van der Waals surface area (Å²) in [4.78, 5) is 30.3. The number of piperidine rings is 2. The van der Waals surface area contributed by atoms with Gasteiger partial charge in [-0.2, -0.15) is 10.2 Å². The van der Waals surface area contributed by atoms with Crippen LogP contribution in [0.25, 0.3) is 11.0 Å². The van der Waals surface area contributed by atoms with E-state index in [9.17, 15) is 14.0 Å². The van der Waals surface area contributed by atoms with E-state index in [1.54, 1.807) is 30.1 Å². The zero-order valence-corrected chi connectivity index (χ0v) is 18.9. The summed E-state index contributed by atoms with van der Waals surface area (Å²) in [6.07, 6.45) is 6.70. The zero-order valence-electron chi connectivity index (χ0n) is 18.9. The van der Waals surface area contributed by atoms with E-state index in [2.05, 4.69) is 15.1 Å². The molecular weight excluding hydrogens is 423 g/mol. The van der Waals surface area contributed by atoms with Crippen molar-refractivity contribution in [2.45, 2.75) is 38.3 Å². The number of aryl methyl sites for hydroxylation is 1. The van der Waals surface area contributed by atoms with Crippen molar-refractivity contribution < 1.29 is 9.18 Å². The topological polar surface area (TPSA) is 76.3 Å². The Kier molecular flexibility index (Phi) is 5.97. The SMILES string of the molecule is Cn1c(=O)n(C2CCN(C(=O)C3CCN(Cc4ccnnc4)CC3)CC2)c2ccc(F)cc21. The largest absolute Gasteiger partial charge is 0.342 e. The summed E-state index contributed by atoms with van der Waals surface area (Å²) in [5, 5.41) is 7.75. The third-order valence-corrected chi connectivity index (χ3v) is 7.18. The van der Waals surface area contributed by atoms with Gasteiger partial charge in [-0.05, 0) is 68.6 Å². The van der Waals surface area contributed by atoms with Gasteiger partial charge in [0.25, 0.3) is 0 Å². The Morgan fingerprint density at radius 3 is 2.48 bits per heavy atom. The molecule has 2 saturated heterocycles. The molecule has 1 aromatic carbocycles. The fourth-order valence-corrected chi connectivity index (χ4v) is 5.30. The molecule has 0 saturated carbocycles. The van der Waals surface area contributed by atoms with E-state index in [-0.39, 0.29) is 29.4 Å². The summed E-state index contributed by atoms with van der Waals surface area (Å²) in [7, 11) is 1.68. The van der Waals surface area contributed by atoms with Crippen LogP contribution in [0.1, 0.15) is 37.3 Å². The Balaban J connectivity index is 1.18. The smallest absolute Gasteiger partial charge is 0.329 e. The Bertz CT molecular complexity index is 1190. The Morgan fingerprint density at radius 2 is 1.79 bits per heavy atom. The normalized spacial score (nSPS) is 18.8. The van der Waals surface area contributed by atoms with Gasteiger partial charge in [0.05, 0.1) is 17.2 Å². The highest BCUT2D eigenvalue weighted by atomic mass is 19.1. The summed E-state index contributed by atoms with van der Waals surface area (Å²) in [5.41, 5.74) is 2.37. The molecule has 2 aliphatic rings. The van der Waals surface area contributed by atoms with Gasteiger partial charge < -0.3 is 4.90 Å². The van der Waals surface area contributed by atoms with Crippen LogP contribution in [0.5, 0.6) is 0 Å². The van der Waals surface area contributed by atoms with Gasteiger partial charge in [0.2, 0.25) is 5.91 Å². The molecule has 8 nitrogen and oxygen atoms in total. The van der Waals surface area contributed by atoms with Gasteiger partial charge in [-0.1, -0.05) is 0 Å². The number of hydrogen-bond acceptors (Lipinski definition) is 5. The first-order valence-electron chi connectivity index (χ1n) is 11.6. The van der Waals surface area contributed by atoms with Crippen molar-refractivity contribution in [1.82, 2.24) is 29.1 Å². The van der Waals surface area contributed by atoms with Crippen molar-refractivity contribution in [3.8, 4) is 0 Å². The maximum atomic E-state index is 13.7. The summed E-state index contributed by atoms with van der Waals surface area (Å²) < 4.78 is 17.0. The Hall–Kier alpha value is -3.07. The molecule has 33 heavy (non-hydrogen) atoms. The Labute approximate surface area is 191 Å². The van der Waals surface area contributed by atoms with Crippen LogP contribution in [-0.4, -0.2) is 61.2 Å². The molecule has 1 amide bonds. The van der Waals surface area contributed by atoms with Crippen LogP contribution in [0.2, 0.25) is 0 Å². The summed E-state index contributed by atoms with van der Waals surface area (Å²) in [5.74, 6) is -0.0400. The van der Waals surface area contributed by atoms with Gasteiger partial charge in [0.1, 0.15) is 5.82 Å². The highest BCUT2D eigenvalue weighted by Crippen LogP contribution is 2.28.